The van der Waals surface area contributed by atoms with E-state index in [2.05, 4.69) is 5.32 Å². The van der Waals surface area contributed by atoms with Gasteiger partial charge in [0.15, 0.2) is 6.10 Å². The second kappa shape index (κ2) is 11.0. The van der Waals surface area contributed by atoms with Gasteiger partial charge in [0.25, 0.3) is 5.91 Å². The highest BCUT2D eigenvalue weighted by Gasteiger charge is 2.32. The van der Waals surface area contributed by atoms with E-state index >= 15 is 0 Å². The molecular weight excluding hydrogens is 435 g/mol. The van der Waals surface area contributed by atoms with E-state index < -0.39 is 6.10 Å². The predicted octanol–water partition coefficient (Wildman–Crippen LogP) is 4.16. The predicted molar refractivity (Wildman–Crippen MR) is 127 cm³/mol. The molecule has 7 heteroatoms. The molecule has 0 aromatic heterocycles. The number of carbonyl (C=O) groups excluding carboxylic acids is 2. The molecule has 3 atom stereocenters. The van der Waals surface area contributed by atoms with E-state index in [4.69, 9.17) is 9.47 Å². The van der Waals surface area contributed by atoms with Crippen molar-refractivity contribution in [1.29, 1.82) is 0 Å². The lowest BCUT2D eigenvalue weighted by molar-refractivity contribution is -0.133. The number of halogens is 1. The number of benzene rings is 2. The van der Waals surface area contributed by atoms with Crippen molar-refractivity contribution in [3.63, 3.8) is 0 Å². The third-order valence-electron chi connectivity index (χ3n) is 6.62. The lowest BCUT2D eigenvalue weighted by Gasteiger charge is -2.38. The lowest BCUT2D eigenvalue weighted by Crippen LogP contribution is -2.41. The normalized spacial score (nSPS) is 20.5. The zero-order valence-electron chi connectivity index (χ0n) is 19.9. The van der Waals surface area contributed by atoms with Crippen LogP contribution in [0.2, 0.25) is 0 Å². The Morgan fingerprint density at radius 2 is 2.00 bits per heavy atom. The Bertz CT molecular complexity index is 1000. The van der Waals surface area contributed by atoms with Crippen LogP contribution in [0.25, 0.3) is 0 Å². The first-order valence-corrected chi connectivity index (χ1v) is 12.2. The number of carbonyl (C=O) groups is 2. The largest absolute Gasteiger partial charge is 0.481 e. The summed E-state index contributed by atoms with van der Waals surface area (Å²) in [5.74, 6) is 0.153. The van der Waals surface area contributed by atoms with Crippen molar-refractivity contribution in [2.24, 2.45) is 0 Å². The molecule has 1 N–H and O–H groups in total. The maximum Gasteiger partial charge on any atom is 0.261 e. The molecule has 2 heterocycles. The maximum atomic E-state index is 13.6. The summed E-state index contributed by atoms with van der Waals surface area (Å²) in [6.45, 7) is 5.60. The third-order valence-corrected chi connectivity index (χ3v) is 6.62. The average Bonchev–Trinajstić information content (AvgIpc) is 3.39. The minimum absolute atomic E-state index is 0.0474. The summed E-state index contributed by atoms with van der Waals surface area (Å²) in [7, 11) is 0. The van der Waals surface area contributed by atoms with Gasteiger partial charge in [0.05, 0.1) is 12.1 Å². The standard InChI is InChI=1S/C27H33FN2O4/c1-3-24(27(32)29-17-22-6-5-15-33-22)34-21-12-9-18-13-14-30(25(31)4-2)26(23(18)16-21)19-7-10-20(28)11-8-19/h7-12,16,22,24,26H,3-6,13-15,17H2,1-2H3,(H,29,32). The van der Waals surface area contributed by atoms with Crippen LogP contribution in [-0.4, -0.2) is 48.6 Å². The van der Waals surface area contributed by atoms with Crippen LogP contribution < -0.4 is 10.1 Å². The number of nitrogens with zero attached hydrogens (tertiary/aromatic N) is 1. The van der Waals surface area contributed by atoms with Gasteiger partial charge in [-0.25, -0.2) is 4.39 Å². The molecule has 2 aromatic carbocycles. The van der Waals surface area contributed by atoms with Gasteiger partial charge in [-0.1, -0.05) is 32.0 Å². The Hall–Kier alpha value is -2.93. The quantitative estimate of drug-likeness (QED) is 0.632. The van der Waals surface area contributed by atoms with Crippen LogP contribution in [0.4, 0.5) is 4.39 Å². The average molecular weight is 469 g/mol. The second-order valence-corrected chi connectivity index (χ2v) is 8.90. The molecule has 1 saturated heterocycles. The Labute approximate surface area is 200 Å². The summed E-state index contributed by atoms with van der Waals surface area (Å²) in [6, 6.07) is 11.8. The second-order valence-electron chi connectivity index (χ2n) is 8.90. The zero-order chi connectivity index (χ0) is 24.1. The number of fused-ring (bicyclic) bond motifs is 1. The fourth-order valence-corrected chi connectivity index (χ4v) is 4.76. The van der Waals surface area contributed by atoms with Crippen LogP contribution in [0.15, 0.2) is 42.5 Å². The molecule has 0 radical (unpaired) electrons. The molecular formula is C27H33FN2O4. The number of ether oxygens (including phenoxy) is 2. The smallest absolute Gasteiger partial charge is 0.261 e. The van der Waals surface area contributed by atoms with Gasteiger partial charge in [-0.2, -0.15) is 0 Å². The molecule has 2 aliphatic heterocycles. The van der Waals surface area contributed by atoms with Crippen molar-refractivity contribution in [1.82, 2.24) is 10.2 Å². The molecule has 34 heavy (non-hydrogen) atoms. The maximum absolute atomic E-state index is 13.6. The first kappa shape index (κ1) is 24.2. The van der Waals surface area contributed by atoms with E-state index in [-0.39, 0.29) is 29.8 Å². The van der Waals surface area contributed by atoms with Crippen LogP contribution in [0.1, 0.15) is 62.3 Å². The lowest BCUT2D eigenvalue weighted by atomic mass is 9.87. The number of hydrogen-bond donors (Lipinski definition) is 1. The number of amides is 2. The minimum Gasteiger partial charge on any atom is -0.481 e. The third kappa shape index (κ3) is 5.41. The van der Waals surface area contributed by atoms with Crippen LogP contribution in [0, 0.1) is 5.82 Å². The molecule has 3 unspecified atom stereocenters. The van der Waals surface area contributed by atoms with Crippen LogP contribution in [-0.2, 0) is 20.7 Å². The Kier molecular flexibility index (Phi) is 7.83. The molecule has 0 aliphatic carbocycles. The molecule has 1 fully saturated rings. The van der Waals surface area contributed by atoms with E-state index in [1.807, 2.05) is 36.9 Å². The Morgan fingerprint density at radius 1 is 1.21 bits per heavy atom. The van der Waals surface area contributed by atoms with Gasteiger partial charge in [-0.05, 0) is 66.6 Å². The molecule has 0 spiro atoms. The SMILES string of the molecule is CCC(=O)N1CCc2ccc(OC(CC)C(=O)NCC3CCCO3)cc2C1c1ccc(F)cc1. The summed E-state index contributed by atoms with van der Waals surface area (Å²) in [6.07, 6.45) is 3.08. The molecule has 6 nitrogen and oxygen atoms in total. The highest BCUT2D eigenvalue weighted by molar-refractivity contribution is 5.81. The van der Waals surface area contributed by atoms with Gasteiger partial charge in [-0.15, -0.1) is 0 Å². The molecule has 182 valence electrons. The summed E-state index contributed by atoms with van der Waals surface area (Å²) in [5, 5.41) is 2.95. The van der Waals surface area contributed by atoms with Crippen LogP contribution in [0.3, 0.4) is 0 Å². The molecule has 2 amide bonds. The van der Waals surface area contributed by atoms with Crippen molar-refractivity contribution in [3.8, 4) is 5.75 Å². The first-order valence-electron chi connectivity index (χ1n) is 12.2. The molecule has 0 saturated carbocycles. The highest BCUT2D eigenvalue weighted by Crippen LogP contribution is 2.37. The molecule has 4 rings (SSSR count). The zero-order valence-corrected chi connectivity index (χ0v) is 19.9. The number of hydrogen-bond acceptors (Lipinski definition) is 4. The number of rotatable bonds is 8. The summed E-state index contributed by atoms with van der Waals surface area (Å²) >= 11 is 0. The van der Waals surface area contributed by atoms with Crippen molar-refractivity contribution in [2.45, 2.75) is 64.2 Å². The minimum atomic E-state index is -0.624. The van der Waals surface area contributed by atoms with E-state index in [0.29, 0.717) is 31.7 Å². The fraction of sp³-hybridized carbons (Fsp3) is 0.481. The molecule has 2 aliphatic rings. The van der Waals surface area contributed by atoms with Gasteiger partial charge in [0.1, 0.15) is 11.6 Å². The monoisotopic (exact) mass is 468 g/mol. The van der Waals surface area contributed by atoms with Crippen molar-refractivity contribution >= 4 is 11.8 Å². The van der Waals surface area contributed by atoms with Gasteiger partial charge >= 0.3 is 0 Å². The van der Waals surface area contributed by atoms with Crippen molar-refractivity contribution in [2.75, 3.05) is 19.7 Å². The van der Waals surface area contributed by atoms with Gasteiger partial charge in [-0.3, -0.25) is 9.59 Å². The van der Waals surface area contributed by atoms with Crippen LogP contribution in [0.5, 0.6) is 5.75 Å². The Morgan fingerprint density at radius 3 is 2.68 bits per heavy atom. The van der Waals surface area contributed by atoms with Gasteiger partial charge in [0.2, 0.25) is 5.91 Å². The fourth-order valence-electron chi connectivity index (χ4n) is 4.76. The van der Waals surface area contributed by atoms with Gasteiger partial charge < -0.3 is 19.7 Å². The summed E-state index contributed by atoms with van der Waals surface area (Å²) < 4.78 is 25.3. The summed E-state index contributed by atoms with van der Waals surface area (Å²) in [5.41, 5.74) is 2.92. The van der Waals surface area contributed by atoms with Crippen molar-refractivity contribution < 1.29 is 23.5 Å². The van der Waals surface area contributed by atoms with E-state index in [1.165, 1.54) is 12.1 Å². The van der Waals surface area contributed by atoms with Crippen LogP contribution >= 0.6 is 0 Å². The van der Waals surface area contributed by atoms with E-state index in [0.717, 1.165) is 42.6 Å². The first-order chi connectivity index (χ1) is 16.5. The van der Waals surface area contributed by atoms with E-state index in [9.17, 15) is 14.0 Å². The summed E-state index contributed by atoms with van der Waals surface area (Å²) in [4.78, 5) is 27.4. The highest BCUT2D eigenvalue weighted by atomic mass is 19.1. The number of nitrogens with one attached hydrogen (secondary N) is 1. The Balaban J connectivity index is 1.56. The topological polar surface area (TPSA) is 67.9 Å². The molecule has 0 bridgehead atoms. The van der Waals surface area contributed by atoms with E-state index in [1.54, 1.807) is 12.1 Å². The van der Waals surface area contributed by atoms with Crippen molar-refractivity contribution in [3.05, 3.63) is 65.0 Å². The molecule has 2 aromatic rings. The van der Waals surface area contributed by atoms with Gasteiger partial charge in [0, 0.05) is 26.1 Å².